The summed E-state index contributed by atoms with van der Waals surface area (Å²) in [5, 5.41) is 12.6. The molecule has 0 aromatic heterocycles. The molecule has 1 heterocycles. The van der Waals surface area contributed by atoms with Crippen molar-refractivity contribution in [3.8, 4) is 0 Å². The van der Waals surface area contributed by atoms with Crippen LogP contribution in [0.5, 0.6) is 0 Å². The van der Waals surface area contributed by atoms with Gasteiger partial charge in [0.15, 0.2) is 0 Å². The third-order valence-electron chi connectivity index (χ3n) is 4.70. The number of unbranched alkanes of at least 4 members (excludes halogenated alkanes) is 1. The van der Waals surface area contributed by atoms with E-state index in [0.717, 1.165) is 25.3 Å². The number of aliphatic carboxylic acids is 1. The Morgan fingerprint density at radius 1 is 1.33 bits per heavy atom. The topological polar surface area (TPSA) is 52.6 Å². The molecule has 21 heavy (non-hydrogen) atoms. The van der Waals surface area contributed by atoms with Crippen LogP contribution in [0.3, 0.4) is 0 Å². The molecule has 0 aromatic rings. The molecular weight excluding hydrogens is 264 g/mol. The molecule has 0 aromatic carbocycles. The van der Waals surface area contributed by atoms with Gasteiger partial charge < -0.3 is 10.0 Å². The maximum atomic E-state index is 11.5. The molecule has 0 spiro atoms. The molecule has 1 aliphatic heterocycles. The molecule has 3 unspecified atom stereocenters. The molecule has 4 nitrogen and oxygen atoms in total. The van der Waals surface area contributed by atoms with Gasteiger partial charge in [0.05, 0.1) is 0 Å². The fraction of sp³-hybridized carbons (Fsp3) is 0.941. The lowest BCUT2D eigenvalue weighted by molar-refractivity contribution is -0.144. The van der Waals surface area contributed by atoms with Crippen LogP contribution in [0.15, 0.2) is 0 Å². The van der Waals surface area contributed by atoms with Crippen LogP contribution in [0, 0.1) is 5.92 Å². The van der Waals surface area contributed by atoms with Crippen LogP contribution in [0.25, 0.3) is 0 Å². The highest BCUT2D eigenvalue weighted by atomic mass is 16.4. The van der Waals surface area contributed by atoms with Gasteiger partial charge in [0.2, 0.25) is 0 Å². The number of carbonyl (C=O) groups is 1. The Hall–Kier alpha value is -0.610. The molecule has 3 atom stereocenters. The SMILES string of the molecule is CC1CCC(C)N(CCCCC(C)(NC(C)C)C(=O)O)C1. The average molecular weight is 298 g/mol. The summed E-state index contributed by atoms with van der Waals surface area (Å²) in [6, 6.07) is 0.870. The lowest BCUT2D eigenvalue weighted by Gasteiger charge is -2.37. The molecule has 1 saturated heterocycles. The highest BCUT2D eigenvalue weighted by Gasteiger charge is 2.32. The fourth-order valence-electron chi connectivity index (χ4n) is 3.36. The van der Waals surface area contributed by atoms with Gasteiger partial charge >= 0.3 is 5.97 Å². The van der Waals surface area contributed by atoms with Gasteiger partial charge in [-0.15, -0.1) is 0 Å². The first-order valence-electron chi connectivity index (χ1n) is 8.49. The maximum absolute atomic E-state index is 11.5. The summed E-state index contributed by atoms with van der Waals surface area (Å²) in [7, 11) is 0. The second-order valence-electron chi connectivity index (χ2n) is 7.42. The van der Waals surface area contributed by atoms with Crippen LogP contribution in [-0.2, 0) is 4.79 Å². The summed E-state index contributed by atoms with van der Waals surface area (Å²) in [5.41, 5.74) is -0.797. The molecular formula is C17H34N2O2. The van der Waals surface area contributed by atoms with Crippen molar-refractivity contribution in [3.63, 3.8) is 0 Å². The van der Waals surface area contributed by atoms with E-state index in [-0.39, 0.29) is 6.04 Å². The first-order valence-corrected chi connectivity index (χ1v) is 8.49. The first-order chi connectivity index (χ1) is 9.74. The normalized spacial score (nSPS) is 26.8. The summed E-state index contributed by atoms with van der Waals surface area (Å²) >= 11 is 0. The van der Waals surface area contributed by atoms with E-state index in [4.69, 9.17) is 0 Å². The zero-order valence-electron chi connectivity index (χ0n) is 14.5. The standard InChI is InChI=1S/C17H34N2O2/c1-13(2)18-17(5,16(20)21)10-6-7-11-19-12-14(3)8-9-15(19)4/h13-15,18H,6-12H2,1-5H3,(H,20,21). The van der Waals surface area contributed by atoms with Gasteiger partial charge in [-0.25, -0.2) is 0 Å². The van der Waals surface area contributed by atoms with Gasteiger partial charge in [0, 0.05) is 18.6 Å². The summed E-state index contributed by atoms with van der Waals surface area (Å²) in [6.45, 7) is 12.7. The highest BCUT2D eigenvalue weighted by molar-refractivity contribution is 5.78. The molecule has 4 heteroatoms. The number of hydrogen-bond acceptors (Lipinski definition) is 3. The predicted molar refractivity (Wildman–Crippen MR) is 87.6 cm³/mol. The highest BCUT2D eigenvalue weighted by Crippen LogP contribution is 2.22. The van der Waals surface area contributed by atoms with Crippen molar-refractivity contribution < 1.29 is 9.90 Å². The minimum atomic E-state index is -0.797. The molecule has 0 aliphatic carbocycles. The predicted octanol–water partition coefficient (Wildman–Crippen LogP) is 3.12. The molecule has 0 radical (unpaired) electrons. The van der Waals surface area contributed by atoms with Crippen LogP contribution in [0.1, 0.15) is 66.7 Å². The number of likely N-dealkylation sites (tertiary alicyclic amines) is 1. The third kappa shape index (κ3) is 5.95. The Morgan fingerprint density at radius 3 is 2.57 bits per heavy atom. The van der Waals surface area contributed by atoms with Gasteiger partial charge in [0.25, 0.3) is 0 Å². The summed E-state index contributed by atoms with van der Waals surface area (Å²) in [5.74, 6) is 0.0595. The fourth-order valence-corrected chi connectivity index (χ4v) is 3.36. The Labute approximate surface area is 130 Å². The van der Waals surface area contributed by atoms with Crippen molar-refractivity contribution in [2.45, 2.75) is 84.3 Å². The van der Waals surface area contributed by atoms with Crippen molar-refractivity contribution in [2.75, 3.05) is 13.1 Å². The Balaban J connectivity index is 2.35. The molecule has 1 fully saturated rings. The second-order valence-corrected chi connectivity index (χ2v) is 7.42. The molecule has 1 rings (SSSR count). The first kappa shape index (κ1) is 18.4. The van der Waals surface area contributed by atoms with E-state index in [1.807, 2.05) is 13.8 Å². The minimum Gasteiger partial charge on any atom is -0.480 e. The molecule has 0 saturated carbocycles. The number of rotatable bonds is 8. The average Bonchev–Trinajstić information content (AvgIpc) is 2.37. The molecule has 1 aliphatic rings. The van der Waals surface area contributed by atoms with Crippen molar-refractivity contribution >= 4 is 5.97 Å². The quantitative estimate of drug-likeness (QED) is 0.676. The van der Waals surface area contributed by atoms with Gasteiger partial charge in [-0.05, 0) is 72.3 Å². The van der Waals surface area contributed by atoms with E-state index in [1.54, 1.807) is 6.92 Å². The van der Waals surface area contributed by atoms with Crippen molar-refractivity contribution in [2.24, 2.45) is 5.92 Å². The number of piperidine rings is 1. The Kier molecular flexibility index (Phi) is 7.14. The number of carboxylic acid groups (broad SMARTS) is 1. The number of nitrogens with one attached hydrogen (secondary N) is 1. The van der Waals surface area contributed by atoms with E-state index in [0.29, 0.717) is 12.5 Å². The smallest absolute Gasteiger partial charge is 0.323 e. The Morgan fingerprint density at radius 2 is 2.00 bits per heavy atom. The third-order valence-corrected chi connectivity index (χ3v) is 4.70. The van der Waals surface area contributed by atoms with Crippen LogP contribution in [0.2, 0.25) is 0 Å². The minimum absolute atomic E-state index is 0.189. The molecule has 0 amide bonds. The zero-order valence-corrected chi connectivity index (χ0v) is 14.5. The van der Waals surface area contributed by atoms with E-state index in [1.165, 1.54) is 19.4 Å². The van der Waals surface area contributed by atoms with E-state index in [2.05, 4.69) is 24.1 Å². The molecule has 0 bridgehead atoms. The van der Waals surface area contributed by atoms with Crippen LogP contribution < -0.4 is 5.32 Å². The lowest BCUT2D eigenvalue weighted by Crippen LogP contribution is -2.52. The summed E-state index contributed by atoms with van der Waals surface area (Å²) < 4.78 is 0. The summed E-state index contributed by atoms with van der Waals surface area (Å²) in [6.07, 6.45) is 5.37. The zero-order chi connectivity index (χ0) is 16.0. The van der Waals surface area contributed by atoms with Crippen LogP contribution in [-0.4, -0.2) is 46.7 Å². The monoisotopic (exact) mass is 298 g/mol. The largest absolute Gasteiger partial charge is 0.480 e. The van der Waals surface area contributed by atoms with Gasteiger partial charge in [-0.1, -0.05) is 6.92 Å². The van der Waals surface area contributed by atoms with Crippen LogP contribution in [0.4, 0.5) is 0 Å². The van der Waals surface area contributed by atoms with Crippen molar-refractivity contribution in [3.05, 3.63) is 0 Å². The molecule has 124 valence electrons. The summed E-state index contributed by atoms with van der Waals surface area (Å²) in [4.78, 5) is 14.0. The van der Waals surface area contributed by atoms with Crippen LogP contribution >= 0.6 is 0 Å². The van der Waals surface area contributed by atoms with E-state index < -0.39 is 11.5 Å². The van der Waals surface area contributed by atoms with E-state index in [9.17, 15) is 9.90 Å². The second kappa shape index (κ2) is 8.14. The van der Waals surface area contributed by atoms with Gasteiger partial charge in [-0.3, -0.25) is 10.1 Å². The van der Waals surface area contributed by atoms with Gasteiger partial charge in [-0.2, -0.15) is 0 Å². The lowest BCUT2D eigenvalue weighted by atomic mass is 9.92. The maximum Gasteiger partial charge on any atom is 0.323 e. The van der Waals surface area contributed by atoms with Gasteiger partial charge in [0.1, 0.15) is 5.54 Å². The van der Waals surface area contributed by atoms with Crippen molar-refractivity contribution in [1.29, 1.82) is 0 Å². The Bertz CT molecular complexity index is 333. The number of hydrogen-bond donors (Lipinski definition) is 2. The number of nitrogens with zero attached hydrogens (tertiary/aromatic N) is 1. The number of carboxylic acids is 1. The van der Waals surface area contributed by atoms with Crippen molar-refractivity contribution in [1.82, 2.24) is 10.2 Å². The molecule has 2 N–H and O–H groups in total. The van der Waals surface area contributed by atoms with E-state index >= 15 is 0 Å².